The zero-order valence-electron chi connectivity index (χ0n) is 13.7. The summed E-state index contributed by atoms with van der Waals surface area (Å²) < 4.78 is 24.5. The predicted octanol–water partition coefficient (Wildman–Crippen LogP) is 1.75. The summed E-state index contributed by atoms with van der Waals surface area (Å²) in [6, 6.07) is 10.3. The van der Waals surface area contributed by atoms with Crippen LogP contribution in [0.3, 0.4) is 0 Å². The molecule has 0 spiro atoms. The van der Waals surface area contributed by atoms with Crippen LogP contribution in [0.25, 0.3) is 10.9 Å². The van der Waals surface area contributed by atoms with Gasteiger partial charge in [-0.1, -0.05) is 0 Å². The topological polar surface area (TPSA) is 124 Å². The van der Waals surface area contributed by atoms with Gasteiger partial charge >= 0.3 is 6.03 Å². The molecule has 2 aromatic carbocycles. The summed E-state index contributed by atoms with van der Waals surface area (Å²) in [5, 5.41) is 10.5. The maximum absolute atomic E-state index is 12.0. The van der Waals surface area contributed by atoms with Crippen molar-refractivity contribution >= 4 is 38.3 Å². The molecule has 0 saturated heterocycles. The van der Waals surface area contributed by atoms with Crippen LogP contribution >= 0.6 is 0 Å². The number of nitrogens with zero attached hydrogens (tertiary/aromatic N) is 3. The molecule has 0 aliphatic heterocycles. The van der Waals surface area contributed by atoms with Crippen LogP contribution in [-0.4, -0.2) is 24.2 Å². The Hall–Kier alpha value is -2.91. The quantitative estimate of drug-likeness (QED) is 0.739. The number of sulfonamides is 1. The van der Waals surface area contributed by atoms with Gasteiger partial charge in [-0.05, 0) is 49.4 Å². The molecule has 9 heteroatoms. The third-order valence-corrected chi connectivity index (χ3v) is 4.95. The highest BCUT2D eigenvalue weighted by atomic mass is 32.2. The molecule has 2 amide bonds. The molecule has 3 aromatic rings. The molecule has 0 saturated carbocycles. The second kappa shape index (κ2) is 5.87. The first-order valence-electron chi connectivity index (χ1n) is 7.34. The van der Waals surface area contributed by atoms with Gasteiger partial charge in [-0.3, -0.25) is 9.58 Å². The molecule has 130 valence electrons. The second-order valence-electron chi connectivity index (χ2n) is 5.62. The van der Waals surface area contributed by atoms with Crippen molar-refractivity contribution in [3.8, 4) is 0 Å². The molecule has 0 atom stereocenters. The number of hydrogen-bond donors (Lipinski definition) is 2. The van der Waals surface area contributed by atoms with Gasteiger partial charge in [0.05, 0.1) is 21.8 Å². The Bertz CT molecular complexity index is 1070. The van der Waals surface area contributed by atoms with E-state index in [9.17, 15) is 13.2 Å². The zero-order chi connectivity index (χ0) is 18.4. The summed E-state index contributed by atoms with van der Waals surface area (Å²) >= 11 is 0. The Morgan fingerprint density at radius 3 is 2.28 bits per heavy atom. The minimum absolute atomic E-state index is 0.0449. The molecule has 0 radical (unpaired) electrons. The average molecular weight is 359 g/mol. The number of aromatic nitrogens is 2. The van der Waals surface area contributed by atoms with Crippen molar-refractivity contribution in [2.75, 3.05) is 4.90 Å². The molecule has 0 fully saturated rings. The van der Waals surface area contributed by atoms with E-state index >= 15 is 0 Å². The van der Waals surface area contributed by atoms with Crippen molar-refractivity contribution in [2.24, 2.45) is 17.9 Å². The monoisotopic (exact) mass is 359 g/mol. The molecule has 25 heavy (non-hydrogen) atoms. The van der Waals surface area contributed by atoms with Crippen LogP contribution in [0, 0.1) is 6.92 Å². The number of primary sulfonamides is 1. The standard InChI is InChI=1S/C16H17N5O3S/c1-10-14-8-5-12(9-15(14)19-20(10)2)21(16(17)22)11-3-6-13(7-4-11)25(18,23)24/h3-9H,1-2H3,(H2,17,22)(H2,18,23,24). The minimum atomic E-state index is -3.81. The third kappa shape index (κ3) is 3.06. The summed E-state index contributed by atoms with van der Waals surface area (Å²) in [4.78, 5) is 13.2. The van der Waals surface area contributed by atoms with Crippen LogP contribution in [-0.2, 0) is 17.1 Å². The van der Waals surface area contributed by atoms with E-state index in [4.69, 9.17) is 10.9 Å². The minimum Gasteiger partial charge on any atom is -0.351 e. The molecule has 8 nitrogen and oxygen atoms in total. The van der Waals surface area contributed by atoms with E-state index in [1.54, 1.807) is 16.8 Å². The van der Waals surface area contributed by atoms with Crippen molar-refractivity contribution in [3.63, 3.8) is 0 Å². The van der Waals surface area contributed by atoms with Crippen molar-refractivity contribution in [2.45, 2.75) is 11.8 Å². The van der Waals surface area contributed by atoms with Gasteiger partial charge in [0.25, 0.3) is 0 Å². The zero-order valence-corrected chi connectivity index (χ0v) is 14.5. The number of amides is 2. The van der Waals surface area contributed by atoms with Crippen molar-refractivity contribution < 1.29 is 13.2 Å². The highest BCUT2D eigenvalue weighted by Crippen LogP contribution is 2.29. The predicted molar refractivity (Wildman–Crippen MR) is 95.0 cm³/mol. The summed E-state index contributed by atoms with van der Waals surface area (Å²) in [6.07, 6.45) is 0. The summed E-state index contributed by atoms with van der Waals surface area (Å²) in [5.74, 6) is 0. The molecular weight excluding hydrogens is 342 g/mol. The SMILES string of the molecule is Cc1c2ccc(N(C(N)=O)c3ccc(S(N)(=O)=O)cc3)cc2nn1C. The smallest absolute Gasteiger partial charge is 0.323 e. The highest BCUT2D eigenvalue weighted by Gasteiger charge is 2.18. The molecule has 3 rings (SSSR count). The lowest BCUT2D eigenvalue weighted by Crippen LogP contribution is -2.31. The number of aryl methyl sites for hydroxylation is 2. The fourth-order valence-corrected chi connectivity index (χ4v) is 3.16. The molecule has 4 N–H and O–H groups in total. The normalized spacial score (nSPS) is 11.6. The summed E-state index contributed by atoms with van der Waals surface area (Å²) in [7, 11) is -1.97. The van der Waals surface area contributed by atoms with E-state index in [0.717, 1.165) is 16.6 Å². The Morgan fingerprint density at radius 1 is 1.12 bits per heavy atom. The van der Waals surface area contributed by atoms with Gasteiger partial charge in [0, 0.05) is 18.1 Å². The molecule has 1 heterocycles. The number of nitrogens with two attached hydrogens (primary N) is 2. The van der Waals surface area contributed by atoms with Crippen LogP contribution in [0.5, 0.6) is 0 Å². The van der Waals surface area contributed by atoms with Gasteiger partial charge in [-0.15, -0.1) is 0 Å². The number of primary amides is 1. The Labute approximate surface area is 144 Å². The molecule has 0 aliphatic carbocycles. The van der Waals surface area contributed by atoms with Gasteiger partial charge in [-0.25, -0.2) is 18.4 Å². The second-order valence-corrected chi connectivity index (χ2v) is 7.18. The number of carbonyl (C=O) groups excluding carboxylic acids is 1. The largest absolute Gasteiger partial charge is 0.351 e. The van der Waals surface area contributed by atoms with Crippen LogP contribution in [0.4, 0.5) is 16.2 Å². The average Bonchev–Trinajstić information content (AvgIpc) is 2.81. The van der Waals surface area contributed by atoms with Crippen molar-refractivity contribution in [1.82, 2.24) is 9.78 Å². The molecular formula is C16H17N5O3S. The highest BCUT2D eigenvalue weighted by molar-refractivity contribution is 7.89. The number of urea groups is 1. The van der Waals surface area contributed by atoms with E-state index in [1.165, 1.54) is 29.2 Å². The number of fused-ring (bicyclic) bond motifs is 1. The van der Waals surface area contributed by atoms with Crippen LogP contribution < -0.4 is 15.8 Å². The maximum Gasteiger partial charge on any atom is 0.323 e. The van der Waals surface area contributed by atoms with Crippen molar-refractivity contribution in [1.29, 1.82) is 0 Å². The number of anilines is 2. The first-order chi connectivity index (χ1) is 11.7. The van der Waals surface area contributed by atoms with Gasteiger partial charge in [0.15, 0.2) is 0 Å². The fraction of sp³-hybridized carbons (Fsp3) is 0.125. The fourth-order valence-electron chi connectivity index (χ4n) is 2.65. The third-order valence-electron chi connectivity index (χ3n) is 4.02. The number of hydrogen-bond acceptors (Lipinski definition) is 4. The van der Waals surface area contributed by atoms with E-state index in [0.29, 0.717) is 11.4 Å². The van der Waals surface area contributed by atoms with Crippen LogP contribution in [0.2, 0.25) is 0 Å². The van der Waals surface area contributed by atoms with Gasteiger partial charge in [0.1, 0.15) is 0 Å². The lowest BCUT2D eigenvalue weighted by atomic mass is 10.1. The van der Waals surface area contributed by atoms with E-state index in [-0.39, 0.29) is 4.90 Å². The lowest BCUT2D eigenvalue weighted by Gasteiger charge is -2.20. The maximum atomic E-state index is 12.0. The molecule has 1 aromatic heterocycles. The Morgan fingerprint density at radius 2 is 1.72 bits per heavy atom. The number of benzene rings is 2. The van der Waals surface area contributed by atoms with Crippen molar-refractivity contribution in [3.05, 3.63) is 48.2 Å². The molecule has 0 bridgehead atoms. The van der Waals surface area contributed by atoms with Crippen LogP contribution in [0.1, 0.15) is 5.69 Å². The Balaban J connectivity index is 2.09. The van der Waals surface area contributed by atoms with Crippen LogP contribution in [0.15, 0.2) is 47.4 Å². The van der Waals surface area contributed by atoms with E-state index in [1.807, 2.05) is 20.0 Å². The van der Waals surface area contributed by atoms with Gasteiger partial charge < -0.3 is 5.73 Å². The lowest BCUT2D eigenvalue weighted by molar-refractivity contribution is 0.256. The van der Waals surface area contributed by atoms with Gasteiger partial charge in [0.2, 0.25) is 10.0 Å². The van der Waals surface area contributed by atoms with E-state index in [2.05, 4.69) is 5.10 Å². The number of rotatable bonds is 3. The molecule has 0 aliphatic rings. The van der Waals surface area contributed by atoms with E-state index < -0.39 is 16.1 Å². The Kier molecular flexibility index (Phi) is 3.97. The summed E-state index contributed by atoms with van der Waals surface area (Å²) in [6.45, 7) is 1.95. The first kappa shape index (κ1) is 16.9. The first-order valence-corrected chi connectivity index (χ1v) is 8.89. The summed E-state index contributed by atoms with van der Waals surface area (Å²) in [5.41, 5.74) is 8.21. The number of carbonyl (C=O) groups is 1. The van der Waals surface area contributed by atoms with Gasteiger partial charge in [-0.2, -0.15) is 5.10 Å². The molecule has 0 unspecified atom stereocenters.